The minimum Gasteiger partial charge on any atom is -0.497 e. The molecule has 2 aromatic carbocycles. The molecule has 1 heterocycles. The third kappa shape index (κ3) is 5.19. The first-order valence-electron chi connectivity index (χ1n) is 9.20. The summed E-state index contributed by atoms with van der Waals surface area (Å²) in [6.45, 7) is 4.42. The van der Waals surface area contributed by atoms with E-state index >= 15 is 0 Å². The van der Waals surface area contributed by atoms with Gasteiger partial charge in [0.15, 0.2) is 0 Å². The molecule has 1 N–H and O–H groups in total. The molecule has 0 amide bonds. The van der Waals surface area contributed by atoms with E-state index in [-0.39, 0.29) is 11.9 Å². The minimum absolute atomic E-state index is 0.0844. The topological polar surface area (TPSA) is 43.0 Å². The minimum atomic E-state index is -0.208. The fourth-order valence-corrected chi connectivity index (χ4v) is 3.42. The van der Waals surface area contributed by atoms with Crippen LogP contribution >= 0.6 is 0 Å². The number of nitrogens with zero attached hydrogens (tertiary/aromatic N) is 1. The number of methoxy groups -OCH3 is 2. The van der Waals surface area contributed by atoms with Gasteiger partial charge in [-0.25, -0.2) is 4.39 Å². The summed E-state index contributed by atoms with van der Waals surface area (Å²) in [5.41, 5.74) is 2.00. The first-order chi connectivity index (χ1) is 13.2. The molecule has 6 heteroatoms. The van der Waals surface area contributed by atoms with Gasteiger partial charge in [0.2, 0.25) is 0 Å². The van der Waals surface area contributed by atoms with Crippen LogP contribution in [0.15, 0.2) is 42.5 Å². The number of halogens is 1. The van der Waals surface area contributed by atoms with Crippen LogP contribution in [-0.2, 0) is 11.3 Å². The van der Waals surface area contributed by atoms with Crippen LogP contribution in [0.2, 0.25) is 0 Å². The molecule has 3 rings (SSSR count). The van der Waals surface area contributed by atoms with Crippen molar-refractivity contribution >= 4 is 0 Å². The third-order valence-corrected chi connectivity index (χ3v) is 4.86. The number of ether oxygens (including phenoxy) is 3. The molecular formula is C21H27FN2O3. The highest BCUT2D eigenvalue weighted by atomic mass is 19.1. The van der Waals surface area contributed by atoms with Crippen molar-refractivity contribution in [2.75, 3.05) is 47.1 Å². The molecule has 0 aliphatic carbocycles. The molecule has 5 nitrogen and oxygen atoms in total. The Kier molecular flexibility index (Phi) is 7.04. The van der Waals surface area contributed by atoms with E-state index in [0.29, 0.717) is 26.3 Å². The van der Waals surface area contributed by atoms with Gasteiger partial charge in [-0.05, 0) is 35.9 Å². The molecule has 1 aliphatic heterocycles. The molecule has 1 atom stereocenters. The second kappa shape index (κ2) is 9.69. The van der Waals surface area contributed by atoms with E-state index in [1.165, 1.54) is 6.07 Å². The van der Waals surface area contributed by atoms with Gasteiger partial charge in [-0.1, -0.05) is 12.1 Å². The molecule has 0 saturated carbocycles. The largest absolute Gasteiger partial charge is 0.497 e. The number of hydrogen-bond acceptors (Lipinski definition) is 5. The van der Waals surface area contributed by atoms with E-state index < -0.39 is 0 Å². The summed E-state index contributed by atoms with van der Waals surface area (Å²) in [7, 11) is 3.31. The number of morpholine rings is 1. The molecule has 1 fully saturated rings. The third-order valence-electron chi connectivity index (χ3n) is 4.86. The first kappa shape index (κ1) is 19.6. The van der Waals surface area contributed by atoms with E-state index in [2.05, 4.69) is 10.2 Å². The Hall–Kier alpha value is -2.15. The van der Waals surface area contributed by atoms with Gasteiger partial charge in [0.05, 0.1) is 27.4 Å². The Morgan fingerprint density at radius 3 is 2.63 bits per heavy atom. The monoisotopic (exact) mass is 374 g/mol. The molecule has 0 aromatic heterocycles. The van der Waals surface area contributed by atoms with Gasteiger partial charge in [0.1, 0.15) is 17.3 Å². The van der Waals surface area contributed by atoms with Crippen molar-refractivity contribution in [1.82, 2.24) is 10.2 Å². The average molecular weight is 374 g/mol. The van der Waals surface area contributed by atoms with Crippen LogP contribution < -0.4 is 14.8 Å². The van der Waals surface area contributed by atoms with Crippen molar-refractivity contribution in [2.45, 2.75) is 12.6 Å². The summed E-state index contributed by atoms with van der Waals surface area (Å²) in [4.78, 5) is 2.34. The summed E-state index contributed by atoms with van der Waals surface area (Å²) < 4.78 is 30.0. The molecule has 1 saturated heterocycles. The Morgan fingerprint density at radius 1 is 1.11 bits per heavy atom. The molecule has 1 unspecified atom stereocenters. The second-order valence-corrected chi connectivity index (χ2v) is 6.53. The smallest absolute Gasteiger partial charge is 0.123 e. The van der Waals surface area contributed by atoms with Crippen molar-refractivity contribution in [3.05, 3.63) is 59.4 Å². The summed E-state index contributed by atoms with van der Waals surface area (Å²) in [5.74, 6) is 1.40. The number of hydrogen-bond donors (Lipinski definition) is 1. The summed E-state index contributed by atoms with van der Waals surface area (Å²) >= 11 is 0. The van der Waals surface area contributed by atoms with Crippen molar-refractivity contribution in [3.8, 4) is 11.5 Å². The maximum Gasteiger partial charge on any atom is 0.123 e. The van der Waals surface area contributed by atoms with Crippen LogP contribution in [0.3, 0.4) is 0 Å². The maximum atomic E-state index is 13.8. The van der Waals surface area contributed by atoms with Crippen LogP contribution in [-0.4, -0.2) is 52.0 Å². The first-order valence-corrected chi connectivity index (χ1v) is 9.20. The van der Waals surface area contributed by atoms with Crippen molar-refractivity contribution in [1.29, 1.82) is 0 Å². The van der Waals surface area contributed by atoms with Gasteiger partial charge in [-0.2, -0.15) is 0 Å². The molecule has 1 aliphatic rings. The number of rotatable bonds is 8. The van der Waals surface area contributed by atoms with Gasteiger partial charge < -0.3 is 19.5 Å². The lowest BCUT2D eigenvalue weighted by atomic mass is 10.0. The lowest BCUT2D eigenvalue weighted by molar-refractivity contribution is 0.0160. The van der Waals surface area contributed by atoms with Crippen molar-refractivity contribution in [2.24, 2.45) is 0 Å². The van der Waals surface area contributed by atoms with Gasteiger partial charge in [0.25, 0.3) is 0 Å². The van der Waals surface area contributed by atoms with E-state index in [1.807, 2.05) is 24.3 Å². The zero-order valence-corrected chi connectivity index (χ0v) is 15.9. The van der Waals surface area contributed by atoms with Gasteiger partial charge in [0, 0.05) is 37.8 Å². The van der Waals surface area contributed by atoms with E-state index in [9.17, 15) is 4.39 Å². The van der Waals surface area contributed by atoms with Gasteiger partial charge >= 0.3 is 0 Å². The molecule has 146 valence electrons. The molecule has 27 heavy (non-hydrogen) atoms. The summed E-state index contributed by atoms with van der Waals surface area (Å²) in [6.07, 6.45) is 0. The van der Waals surface area contributed by atoms with E-state index in [4.69, 9.17) is 14.2 Å². The number of benzene rings is 2. The Morgan fingerprint density at radius 2 is 1.93 bits per heavy atom. The van der Waals surface area contributed by atoms with Crippen LogP contribution in [0.4, 0.5) is 4.39 Å². The second-order valence-electron chi connectivity index (χ2n) is 6.53. The zero-order valence-electron chi connectivity index (χ0n) is 15.9. The Bertz CT molecular complexity index is 735. The summed E-state index contributed by atoms with van der Waals surface area (Å²) in [5, 5.41) is 3.50. The van der Waals surface area contributed by atoms with Crippen molar-refractivity contribution in [3.63, 3.8) is 0 Å². The van der Waals surface area contributed by atoms with Gasteiger partial charge in [-0.15, -0.1) is 0 Å². The van der Waals surface area contributed by atoms with E-state index in [0.717, 1.165) is 35.7 Å². The highest BCUT2D eigenvalue weighted by Crippen LogP contribution is 2.25. The van der Waals surface area contributed by atoms with Crippen LogP contribution in [0.5, 0.6) is 11.5 Å². The molecule has 0 spiro atoms. The average Bonchev–Trinajstić information content (AvgIpc) is 2.71. The molecule has 0 radical (unpaired) electrons. The van der Waals surface area contributed by atoms with Gasteiger partial charge in [-0.3, -0.25) is 4.90 Å². The fourth-order valence-electron chi connectivity index (χ4n) is 3.42. The fraction of sp³-hybridized carbons (Fsp3) is 0.429. The predicted octanol–water partition coefficient (Wildman–Crippen LogP) is 3.01. The molecular weight excluding hydrogens is 347 g/mol. The highest BCUT2D eigenvalue weighted by molar-refractivity contribution is 5.40. The van der Waals surface area contributed by atoms with Crippen LogP contribution in [0, 0.1) is 5.82 Å². The van der Waals surface area contributed by atoms with Crippen LogP contribution in [0.1, 0.15) is 17.2 Å². The maximum absolute atomic E-state index is 13.8. The lowest BCUT2D eigenvalue weighted by Crippen LogP contribution is -2.42. The lowest BCUT2D eigenvalue weighted by Gasteiger charge is -2.35. The summed E-state index contributed by atoms with van der Waals surface area (Å²) in [6, 6.07) is 12.7. The quantitative estimate of drug-likeness (QED) is 0.769. The highest BCUT2D eigenvalue weighted by Gasteiger charge is 2.22. The Balaban J connectivity index is 1.71. The Labute approximate surface area is 160 Å². The standard InChI is InChI=1S/C21H27FN2O3/c1-25-19-6-7-21(26-2)17(13-19)14-23-15-20(24-8-10-27-11-9-24)16-4-3-5-18(22)12-16/h3-7,12-13,20,23H,8-11,14-15H2,1-2H3. The van der Waals surface area contributed by atoms with Crippen LogP contribution in [0.25, 0.3) is 0 Å². The SMILES string of the molecule is COc1ccc(OC)c(CNCC(c2cccc(F)c2)N2CCOCC2)c1. The molecule has 0 bridgehead atoms. The molecule has 2 aromatic rings. The predicted molar refractivity (Wildman–Crippen MR) is 103 cm³/mol. The van der Waals surface area contributed by atoms with E-state index in [1.54, 1.807) is 26.4 Å². The normalized spacial score (nSPS) is 16.1. The number of nitrogens with one attached hydrogen (secondary N) is 1. The van der Waals surface area contributed by atoms with Crippen molar-refractivity contribution < 1.29 is 18.6 Å². The zero-order chi connectivity index (χ0) is 19.1.